The van der Waals surface area contributed by atoms with Gasteiger partial charge in [0.25, 0.3) is 0 Å². The zero-order valence-corrected chi connectivity index (χ0v) is 11.6. The number of anilines is 1. The molecule has 0 aromatic heterocycles. The van der Waals surface area contributed by atoms with Crippen molar-refractivity contribution in [2.24, 2.45) is 0 Å². The molecule has 1 fully saturated rings. The summed E-state index contributed by atoms with van der Waals surface area (Å²) in [7, 11) is 0. The van der Waals surface area contributed by atoms with Crippen molar-refractivity contribution in [1.29, 1.82) is 0 Å². The van der Waals surface area contributed by atoms with Crippen molar-refractivity contribution in [3.05, 3.63) is 29.0 Å². The average molecular weight is 286 g/mol. The van der Waals surface area contributed by atoms with Gasteiger partial charge in [-0.2, -0.15) is 0 Å². The molecule has 1 aliphatic heterocycles. The molecule has 104 valence electrons. The number of nitrogens with one attached hydrogen (secondary N) is 1. The summed E-state index contributed by atoms with van der Waals surface area (Å²) in [6.07, 6.45) is 0. The highest BCUT2D eigenvalue weighted by Crippen LogP contribution is 2.19. The van der Waals surface area contributed by atoms with Crippen molar-refractivity contribution in [3.63, 3.8) is 0 Å². The quantitative estimate of drug-likeness (QED) is 0.907. The number of halogens is 2. The number of amides is 2. The van der Waals surface area contributed by atoms with E-state index in [0.717, 1.165) is 19.6 Å². The van der Waals surface area contributed by atoms with Crippen LogP contribution in [0.1, 0.15) is 6.92 Å². The third-order valence-corrected chi connectivity index (χ3v) is 3.57. The number of benzene rings is 1. The largest absolute Gasteiger partial charge is 0.322 e. The van der Waals surface area contributed by atoms with E-state index >= 15 is 0 Å². The van der Waals surface area contributed by atoms with E-state index in [-0.39, 0.29) is 11.1 Å². The normalized spacial score (nSPS) is 16.5. The Morgan fingerprint density at radius 1 is 1.37 bits per heavy atom. The van der Waals surface area contributed by atoms with E-state index < -0.39 is 5.82 Å². The van der Waals surface area contributed by atoms with Gasteiger partial charge in [0, 0.05) is 31.9 Å². The number of hydrogen-bond acceptors (Lipinski definition) is 2. The summed E-state index contributed by atoms with van der Waals surface area (Å²) in [4.78, 5) is 16.1. The number of piperazine rings is 1. The predicted molar refractivity (Wildman–Crippen MR) is 74.1 cm³/mol. The summed E-state index contributed by atoms with van der Waals surface area (Å²) in [6.45, 7) is 6.28. The van der Waals surface area contributed by atoms with Gasteiger partial charge < -0.3 is 15.1 Å². The minimum Gasteiger partial charge on any atom is -0.322 e. The topological polar surface area (TPSA) is 35.6 Å². The van der Waals surface area contributed by atoms with Crippen LogP contribution in [0, 0.1) is 5.82 Å². The average Bonchev–Trinajstić information content (AvgIpc) is 2.43. The van der Waals surface area contributed by atoms with E-state index in [9.17, 15) is 9.18 Å². The summed E-state index contributed by atoms with van der Waals surface area (Å²) < 4.78 is 13.0. The molecule has 2 amide bonds. The molecule has 1 saturated heterocycles. The molecule has 1 aromatic rings. The van der Waals surface area contributed by atoms with Gasteiger partial charge in [-0.05, 0) is 24.7 Å². The van der Waals surface area contributed by atoms with Crippen LogP contribution in [0.4, 0.5) is 14.9 Å². The van der Waals surface area contributed by atoms with Crippen LogP contribution in [-0.4, -0.2) is 48.6 Å². The van der Waals surface area contributed by atoms with E-state index in [4.69, 9.17) is 11.6 Å². The Morgan fingerprint density at radius 2 is 2.05 bits per heavy atom. The van der Waals surface area contributed by atoms with Crippen LogP contribution >= 0.6 is 11.6 Å². The fraction of sp³-hybridized carbons (Fsp3) is 0.462. The fourth-order valence-electron chi connectivity index (χ4n) is 2.04. The molecular weight excluding hydrogens is 269 g/mol. The predicted octanol–water partition coefficient (Wildman–Crippen LogP) is 2.65. The zero-order valence-electron chi connectivity index (χ0n) is 10.8. The van der Waals surface area contributed by atoms with Crippen LogP contribution in [0.25, 0.3) is 0 Å². The SMILES string of the molecule is CCN1CCN(C(=O)Nc2ccc(F)c(Cl)c2)CC1. The number of carbonyl (C=O) groups is 1. The Balaban J connectivity index is 1.92. The minimum absolute atomic E-state index is 0.00797. The lowest BCUT2D eigenvalue weighted by atomic mass is 10.3. The fourth-order valence-corrected chi connectivity index (χ4v) is 2.22. The Morgan fingerprint density at radius 3 is 2.63 bits per heavy atom. The lowest BCUT2D eigenvalue weighted by Crippen LogP contribution is -2.49. The van der Waals surface area contributed by atoms with Crippen LogP contribution in [0.3, 0.4) is 0 Å². The first-order valence-corrected chi connectivity index (χ1v) is 6.71. The Kier molecular flexibility index (Phi) is 4.61. The van der Waals surface area contributed by atoms with Gasteiger partial charge in [-0.3, -0.25) is 0 Å². The zero-order chi connectivity index (χ0) is 13.8. The number of carbonyl (C=O) groups excluding carboxylic acids is 1. The highest BCUT2D eigenvalue weighted by atomic mass is 35.5. The van der Waals surface area contributed by atoms with Crippen molar-refractivity contribution in [1.82, 2.24) is 9.80 Å². The van der Waals surface area contributed by atoms with Crippen LogP contribution in [0.15, 0.2) is 18.2 Å². The molecule has 0 saturated carbocycles. The van der Waals surface area contributed by atoms with Gasteiger partial charge >= 0.3 is 6.03 Å². The molecule has 1 aromatic carbocycles. The van der Waals surface area contributed by atoms with Gasteiger partial charge in [-0.15, -0.1) is 0 Å². The molecule has 0 bridgehead atoms. The maximum absolute atomic E-state index is 13.0. The number of urea groups is 1. The van der Waals surface area contributed by atoms with Gasteiger partial charge in [0.05, 0.1) is 5.02 Å². The second-order valence-electron chi connectivity index (χ2n) is 4.48. The maximum Gasteiger partial charge on any atom is 0.321 e. The monoisotopic (exact) mass is 285 g/mol. The number of rotatable bonds is 2. The number of likely N-dealkylation sites (N-methyl/N-ethyl adjacent to an activating group) is 1. The Bertz CT molecular complexity index is 461. The molecule has 1 aliphatic rings. The summed E-state index contributed by atoms with van der Waals surface area (Å²) in [6, 6.07) is 3.99. The maximum atomic E-state index is 13.0. The summed E-state index contributed by atoms with van der Waals surface area (Å²) in [5, 5.41) is 2.74. The standard InChI is InChI=1S/C13H17ClFN3O/c1-2-17-5-7-18(8-6-17)13(19)16-10-3-4-12(15)11(14)9-10/h3-4,9H,2,5-8H2,1H3,(H,16,19). The van der Waals surface area contributed by atoms with Gasteiger partial charge in [0.1, 0.15) is 5.82 Å². The first-order chi connectivity index (χ1) is 9.10. The Hall–Kier alpha value is -1.33. The lowest BCUT2D eigenvalue weighted by Gasteiger charge is -2.33. The summed E-state index contributed by atoms with van der Waals surface area (Å²) in [5.74, 6) is -0.490. The smallest absolute Gasteiger partial charge is 0.321 e. The van der Waals surface area contributed by atoms with Gasteiger partial charge in [-0.25, -0.2) is 9.18 Å². The first kappa shape index (κ1) is 14.1. The molecule has 4 nitrogen and oxygen atoms in total. The molecule has 2 rings (SSSR count). The van der Waals surface area contributed by atoms with E-state index in [1.807, 2.05) is 0 Å². The van der Waals surface area contributed by atoms with Gasteiger partial charge in [0.2, 0.25) is 0 Å². The third kappa shape index (κ3) is 3.58. The molecule has 1 heterocycles. The van der Waals surface area contributed by atoms with Crippen LogP contribution in [-0.2, 0) is 0 Å². The molecule has 1 N–H and O–H groups in total. The van der Waals surface area contributed by atoms with Crippen molar-refractivity contribution < 1.29 is 9.18 Å². The van der Waals surface area contributed by atoms with Crippen LogP contribution in [0.5, 0.6) is 0 Å². The second kappa shape index (κ2) is 6.21. The molecule has 0 aliphatic carbocycles. The summed E-state index contributed by atoms with van der Waals surface area (Å²) >= 11 is 5.67. The lowest BCUT2D eigenvalue weighted by molar-refractivity contribution is 0.151. The molecular formula is C13H17ClFN3O. The van der Waals surface area contributed by atoms with Crippen molar-refractivity contribution in [2.75, 3.05) is 38.0 Å². The molecule has 0 atom stereocenters. The highest BCUT2D eigenvalue weighted by molar-refractivity contribution is 6.31. The second-order valence-corrected chi connectivity index (χ2v) is 4.89. The molecule has 0 radical (unpaired) electrons. The molecule has 0 spiro atoms. The molecule has 0 unspecified atom stereocenters. The van der Waals surface area contributed by atoms with Crippen LogP contribution in [0.2, 0.25) is 5.02 Å². The van der Waals surface area contributed by atoms with E-state index in [0.29, 0.717) is 18.8 Å². The van der Waals surface area contributed by atoms with E-state index in [2.05, 4.69) is 17.1 Å². The van der Waals surface area contributed by atoms with Gasteiger partial charge in [-0.1, -0.05) is 18.5 Å². The Labute approximate surface area is 117 Å². The number of hydrogen-bond donors (Lipinski definition) is 1. The van der Waals surface area contributed by atoms with Crippen LogP contribution < -0.4 is 5.32 Å². The van der Waals surface area contributed by atoms with Gasteiger partial charge in [0.15, 0.2) is 0 Å². The third-order valence-electron chi connectivity index (χ3n) is 3.28. The van der Waals surface area contributed by atoms with E-state index in [1.54, 1.807) is 4.90 Å². The molecule has 19 heavy (non-hydrogen) atoms. The van der Waals surface area contributed by atoms with Crippen molar-refractivity contribution in [2.45, 2.75) is 6.92 Å². The number of nitrogens with zero attached hydrogens (tertiary/aromatic N) is 2. The van der Waals surface area contributed by atoms with Crippen molar-refractivity contribution >= 4 is 23.3 Å². The minimum atomic E-state index is -0.490. The molecule has 6 heteroatoms. The summed E-state index contributed by atoms with van der Waals surface area (Å²) in [5.41, 5.74) is 0.509. The first-order valence-electron chi connectivity index (χ1n) is 6.33. The van der Waals surface area contributed by atoms with Crippen molar-refractivity contribution in [3.8, 4) is 0 Å². The highest BCUT2D eigenvalue weighted by Gasteiger charge is 2.20. The van der Waals surface area contributed by atoms with E-state index in [1.165, 1.54) is 18.2 Å².